The summed E-state index contributed by atoms with van der Waals surface area (Å²) in [5.74, 6) is 0. The summed E-state index contributed by atoms with van der Waals surface area (Å²) in [4.78, 5) is 2.41. The fourth-order valence-electron chi connectivity index (χ4n) is 8.54. The molecule has 0 atom stereocenters. The topological polar surface area (TPSA) is 16.4 Å². The lowest BCUT2D eigenvalue weighted by atomic mass is 9.95. The van der Waals surface area contributed by atoms with Crippen molar-refractivity contribution in [3.63, 3.8) is 0 Å². The van der Waals surface area contributed by atoms with Gasteiger partial charge in [-0.2, -0.15) is 0 Å². The van der Waals surface area contributed by atoms with E-state index in [0.29, 0.717) is 0 Å². The summed E-state index contributed by atoms with van der Waals surface area (Å²) in [7, 11) is 0. The molecule has 1 heterocycles. The van der Waals surface area contributed by atoms with Crippen LogP contribution in [0, 0.1) is 0 Å². The number of furan rings is 1. The Morgan fingerprint density at radius 3 is 1.70 bits per heavy atom. The summed E-state index contributed by atoms with van der Waals surface area (Å²) in [6.07, 6.45) is 0. The van der Waals surface area contributed by atoms with E-state index >= 15 is 0 Å². The molecule has 262 valence electrons. The van der Waals surface area contributed by atoms with E-state index in [1.165, 1.54) is 54.6 Å². The van der Waals surface area contributed by atoms with Crippen LogP contribution in [0.1, 0.15) is 0 Å². The first kappa shape index (κ1) is 32.0. The predicted molar refractivity (Wildman–Crippen MR) is 237 cm³/mol. The zero-order valence-corrected chi connectivity index (χ0v) is 30.6. The van der Waals surface area contributed by atoms with Crippen molar-refractivity contribution in [3.8, 4) is 33.4 Å². The second-order valence-electron chi connectivity index (χ2n) is 14.5. The van der Waals surface area contributed by atoms with Crippen molar-refractivity contribution in [1.29, 1.82) is 0 Å². The zero-order chi connectivity index (χ0) is 37.0. The number of anilines is 3. The van der Waals surface area contributed by atoms with Crippen LogP contribution in [-0.2, 0) is 0 Å². The molecule has 0 saturated carbocycles. The lowest BCUT2D eigenvalue weighted by molar-refractivity contribution is 0.670. The van der Waals surface area contributed by atoms with Crippen molar-refractivity contribution >= 4 is 71.3 Å². The molecule has 0 aliphatic heterocycles. The van der Waals surface area contributed by atoms with Gasteiger partial charge in [-0.05, 0) is 109 Å². The highest BCUT2D eigenvalue weighted by atomic mass is 16.3. The van der Waals surface area contributed by atoms with Gasteiger partial charge in [0.15, 0.2) is 0 Å². The maximum Gasteiger partial charge on any atom is 0.145 e. The monoisotopic (exact) mass is 713 g/mol. The van der Waals surface area contributed by atoms with E-state index in [-0.39, 0.29) is 0 Å². The number of rotatable bonds is 6. The van der Waals surface area contributed by atoms with E-state index in [2.05, 4.69) is 217 Å². The summed E-state index contributed by atoms with van der Waals surface area (Å²) in [5.41, 5.74) is 12.0. The van der Waals surface area contributed by atoms with Crippen LogP contribution >= 0.6 is 0 Å². The minimum Gasteiger partial charge on any atom is -0.455 e. The number of hydrogen-bond donors (Lipinski definition) is 0. The van der Waals surface area contributed by atoms with Crippen LogP contribution < -0.4 is 4.90 Å². The molecule has 0 saturated heterocycles. The fourth-order valence-corrected chi connectivity index (χ4v) is 8.54. The van der Waals surface area contributed by atoms with E-state index in [0.717, 1.165) is 50.1 Å². The van der Waals surface area contributed by atoms with E-state index in [9.17, 15) is 0 Å². The Morgan fingerprint density at radius 2 is 0.893 bits per heavy atom. The molecule has 1 aromatic heterocycles. The van der Waals surface area contributed by atoms with Crippen molar-refractivity contribution in [1.82, 2.24) is 0 Å². The Bertz CT molecular complexity index is 3240. The van der Waals surface area contributed by atoms with Gasteiger partial charge in [-0.15, -0.1) is 0 Å². The molecule has 0 amide bonds. The second kappa shape index (κ2) is 13.2. The lowest BCUT2D eigenvalue weighted by Gasteiger charge is -2.27. The molecular formula is C54H35NO. The van der Waals surface area contributed by atoms with Gasteiger partial charge in [0, 0.05) is 22.3 Å². The SMILES string of the molecule is c1ccc(-c2cccc(-c3ccc(N(c4ccc5ccc6ccccc6c5c4)c4ccc(-c5cccc6ccccc56)c5oc6ccccc6c45)cc3)c2)cc1. The van der Waals surface area contributed by atoms with Crippen LogP contribution in [-0.4, -0.2) is 0 Å². The molecule has 56 heavy (non-hydrogen) atoms. The van der Waals surface area contributed by atoms with Gasteiger partial charge in [0.2, 0.25) is 0 Å². The van der Waals surface area contributed by atoms with E-state index < -0.39 is 0 Å². The Balaban J connectivity index is 1.14. The molecule has 0 bridgehead atoms. The van der Waals surface area contributed by atoms with Gasteiger partial charge in [-0.25, -0.2) is 0 Å². The quantitative estimate of drug-likeness (QED) is 0.160. The van der Waals surface area contributed by atoms with Crippen LogP contribution in [0.4, 0.5) is 17.1 Å². The molecule has 11 aromatic rings. The standard InChI is InChI=1S/C54H35NO/c1-2-12-36(13-3-1)41-17-10-18-42(34-41)37-26-29-43(30-27-37)55(44-31-28-40-25-24-39-15-5-7-20-46(39)50(40)35-44)51-33-32-48(47-22-11-16-38-14-4-6-19-45(38)47)54-53(51)49-21-8-9-23-52(49)56-54/h1-35H. The molecular weight excluding hydrogens is 679 g/mol. The Morgan fingerprint density at radius 1 is 0.321 bits per heavy atom. The van der Waals surface area contributed by atoms with Crippen molar-refractivity contribution < 1.29 is 4.42 Å². The first-order valence-electron chi connectivity index (χ1n) is 19.2. The van der Waals surface area contributed by atoms with Crippen molar-refractivity contribution in [3.05, 3.63) is 212 Å². The van der Waals surface area contributed by atoms with Gasteiger partial charge >= 0.3 is 0 Å². The number of fused-ring (bicyclic) bond motifs is 7. The van der Waals surface area contributed by atoms with E-state index in [1.807, 2.05) is 0 Å². The third-order valence-corrected chi connectivity index (χ3v) is 11.2. The largest absolute Gasteiger partial charge is 0.455 e. The van der Waals surface area contributed by atoms with Crippen LogP contribution in [0.5, 0.6) is 0 Å². The van der Waals surface area contributed by atoms with Crippen LogP contribution in [0.25, 0.3) is 87.6 Å². The summed E-state index contributed by atoms with van der Waals surface area (Å²) in [6, 6.07) is 76.4. The van der Waals surface area contributed by atoms with Crippen molar-refractivity contribution in [2.45, 2.75) is 0 Å². The second-order valence-corrected chi connectivity index (χ2v) is 14.5. The molecule has 0 radical (unpaired) electrons. The summed E-state index contributed by atoms with van der Waals surface area (Å²) < 4.78 is 6.88. The molecule has 2 heteroatoms. The highest BCUT2D eigenvalue weighted by molar-refractivity contribution is 6.19. The highest BCUT2D eigenvalue weighted by Gasteiger charge is 2.23. The summed E-state index contributed by atoms with van der Waals surface area (Å²) in [6.45, 7) is 0. The Labute approximate surface area is 325 Å². The Hall–Kier alpha value is -7.42. The van der Waals surface area contributed by atoms with Gasteiger partial charge in [0.1, 0.15) is 11.2 Å². The molecule has 0 aliphatic carbocycles. The van der Waals surface area contributed by atoms with Gasteiger partial charge in [0.25, 0.3) is 0 Å². The molecule has 0 unspecified atom stereocenters. The van der Waals surface area contributed by atoms with Gasteiger partial charge in [-0.1, -0.05) is 164 Å². The normalized spacial score (nSPS) is 11.6. The van der Waals surface area contributed by atoms with Crippen LogP contribution in [0.15, 0.2) is 217 Å². The smallest absolute Gasteiger partial charge is 0.145 e. The fraction of sp³-hybridized carbons (Fsp3) is 0. The molecule has 0 aliphatic rings. The van der Waals surface area contributed by atoms with Gasteiger partial charge in [0.05, 0.1) is 11.1 Å². The maximum atomic E-state index is 6.88. The molecule has 0 fully saturated rings. The maximum absolute atomic E-state index is 6.88. The number of para-hydroxylation sites is 1. The van der Waals surface area contributed by atoms with Gasteiger partial charge < -0.3 is 9.32 Å². The number of hydrogen-bond acceptors (Lipinski definition) is 2. The predicted octanol–water partition coefficient (Wildman–Crippen LogP) is 15.5. The van der Waals surface area contributed by atoms with Crippen molar-refractivity contribution in [2.24, 2.45) is 0 Å². The molecule has 0 N–H and O–H groups in total. The zero-order valence-electron chi connectivity index (χ0n) is 30.6. The number of benzene rings is 10. The van der Waals surface area contributed by atoms with E-state index in [1.54, 1.807) is 0 Å². The van der Waals surface area contributed by atoms with Crippen molar-refractivity contribution in [2.75, 3.05) is 4.90 Å². The third-order valence-electron chi connectivity index (χ3n) is 11.2. The third kappa shape index (κ3) is 5.34. The van der Waals surface area contributed by atoms with Crippen LogP contribution in [0.2, 0.25) is 0 Å². The average molecular weight is 714 g/mol. The number of nitrogens with zero attached hydrogens (tertiary/aromatic N) is 1. The molecule has 2 nitrogen and oxygen atoms in total. The average Bonchev–Trinajstić information content (AvgIpc) is 3.67. The Kier molecular flexibility index (Phi) is 7.53. The lowest BCUT2D eigenvalue weighted by Crippen LogP contribution is -2.10. The summed E-state index contributed by atoms with van der Waals surface area (Å²) in [5, 5.41) is 9.49. The highest BCUT2D eigenvalue weighted by Crippen LogP contribution is 2.47. The molecule has 0 spiro atoms. The molecule has 10 aromatic carbocycles. The summed E-state index contributed by atoms with van der Waals surface area (Å²) >= 11 is 0. The first-order chi connectivity index (χ1) is 27.8. The minimum absolute atomic E-state index is 0.870. The molecule has 11 rings (SSSR count). The first-order valence-corrected chi connectivity index (χ1v) is 19.2. The van der Waals surface area contributed by atoms with E-state index in [4.69, 9.17) is 4.42 Å². The van der Waals surface area contributed by atoms with Gasteiger partial charge in [-0.3, -0.25) is 0 Å². The van der Waals surface area contributed by atoms with Crippen LogP contribution in [0.3, 0.4) is 0 Å². The minimum atomic E-state index is 0.870.